The minimum absolute atomic E-state index is 0.0367. The molecule has 0 saturated heterocycles. The van der Waals surface area contributed by atoms with Crippen LogP contribution in [0.3, 0.4) is 0 Å². The maximum Gasteiger partial charge on any atom is 0.251 e. The summed E-state index contributed by atoms with van der Waals surface area (Å²) in [7, 11) is -2.21. The summed E-state index contributed by atoms with van der Waals surface area (Å²) in [4.78, 5) is 16.3. The number of benzene rings is 1. The quantitative estimate of drug-likeness (QED) is 0.681. The molecule has 0 aliphatic rings. The average molecular weight is 377 g/mol. The molecule has 26 heavy (non-hydrogen) atoms. The molecular formula is C18H23N3O4S. The summed E-state index contributed by atoms with van der Waals surface area (Å²) in [5.41, 5.74) is 2.91. The molecule has 0 saturated carbocycles. The molecule has 8 heteroatoms. The molecule has 0 radical (unpaired) electrons. The normalized spacial score (nSPS) is 11.3. The first-order valence-electron chi connectivity index (χ1n) is 8.12. The molecule has 1 aromatic heterocycles. The number of rotatable bonds is 8. The fourth-order valence-corrected chi connectivity index (χ4v) is 3.39. The minimum atomic E-state index is -3.75. The van der Waals surface area contributed by atoms with Gasteiger partial charge in [0.2, 0.25) is 10.0 Å². The highest BCUT2D eigenvalue weighted by Crippen LogP contribution is 2.14. The topological polar surface area (TPSA) is 97.4 Å². The number of nitrogens with zero attached hydrogens (tertiary/aromatic N) is 1. The molecule has 140 valence electrons. The van der Waals surface area contributed by atoms with Crippen molar-refractivity contribution < 1.29 is 17.9 Å². The van der Waals surface area contributed by atoms with Gasteiger partial charge < -0.3 is 10.1 Å². The van der Waals surface area contributed by atoms with Crippen molar-refractivity contribution in [3.63, 3.8) is 0 Å². The number of aromatic nitrogens is 1. The third-order valence-corrected chi connectivity index (χ3v) is 5.21. The predicted molar refractivity (Wildman–Crippen MR) is 98.4 cm³/mol. The highest BCUT2D eigenvalue weighted by atomic mass is 32.2. The summed E-state index contributed by atoms with van der Waals surface area (Å²) in [5.74, 6) is -0.349. The third-order valence-electron chi connectivity index (χ3n) is 3.81. The van der Waals surface area contributed by atoms with Crippen molar-refractivity contribution in [3.05, 3.63) is 58.9 Å². The van der Waals surface area contributed by atoms with E-state index in [1.807, 2.05) is 19.9 Å². The van der Waals surface area contributed by atoms with Gasteiger partial charge in [0, 0.05) is 37.7 Å². The summed E-state index contributed by atoms with van der Waals surface area (Å²) >= 11 is 0. The van der Waals surface area contributed by atoms with E-state index in [2.05, 4.69) is 15.0 Å². The maximum absolute atomic E-state index is 12.5. The molecule has 2 N–H and O–H groups in total. The first-order valence-corrected chi connectivity index (χ1v) is 9.61. The van der Waals surface area contributed by atoms with Crippen molar-refractivity contribution in [2.24, 2.45) is 0 Å². The van der Waals surface area contributed by atoms with Crippen LogP contribution in [0.15, 0.2) is 41.4 Å². The van der Waals surface area contributed by atoms with Crippen molar-refractivity contribution >= 4 is 15.9 Å². The molecule has 0 atom stereocenters. The van der Waals surface area contributed by atoms with Crippen LogP contribution in [0.25, 0.3) is 0 Å². The number of sulfonamides is 1. The first kappa shape index (κ1) is 20.0. The van der Waals surface area contributed by atoms with E-state index in [0.29, 0.717) is 13.2 Å². The number of aryl methyl sites for hydroxylation is 2. The molecule has 2 aromatic rings. The summed E-state index contributed by atoms with van der Waals surface area (Å²) in [6, 6.07) is 7.81. The first-order chi connectivity index (χ1) is 12.3. The van der Waals surface area contributed by atoms with Crippen LogP contribution in [0.2, 0.25) is 0 Å². The number of carbonyl (C=O) groups is 1. The van der Waals surface area contributed by atoms with Crippen molar-refractivity contribution in [2.45, 2.75) is 25.3 Å². The van der Waals surface area contributed by atoms with Crippen molar-refractivity contribution in [1.29, 1.82) is 0 Å². The van der Waals surface area contributed by atoms with Crippen LogP contribution >= 0.6 is 0 Å². The lowest BCUT2D eigenvalue weighted by atomic mass is 10.1. The van der Waals surface area contributed by atoms with E-state index >= 15 is 0 Å². The Hall–Kier alpha value is -2.29. The van der Waals surface area contributed by atoms with Gasteiger partial charge in [0.15, 0.2) is 0 Å². The molecule has 0 bridgehead atoms. The van der Waals surface area contributed by atoms with Crippen molar-refractivity contribution in [3.8, 4) is 0 Å². The lowest BCUT2D eigenvalue weighted by molar-refractivity contribution is 0.0937. The minimum Gasteiger partial charge on any atom is -0.383 e. The molecular weight excluding hydrogens is 354 g/mol. The molecule has 2 rings (SSSR count). The van der Waals surface area contributed by atoms with Gasteiger partial charge in [-0.3, -0.25) is 9.78 Å². The smallest absolute Gasteiger partial charge is 0.251 e. The standard InChI is InChI=1S/C18H23N3O4S/c1-13-9-14(2)20-11-16(13)12-21-26(23,24)17-6-4-5-15(10-17)18(22)19-7-8-25-3/h4-6,9-11,21H,7-8,12H2,1-3H3,(H,19,22). The Bertz CT molecular complexity index is 882. The molecule has 0 fully saturated rings. The largest absolute Gasteiger partial charge is 0.383 e. The van der Waals surface area contributed by atoms with Crippen molar-refractivity contribution in [1.82, 2.24) is 15.0 Å². The van der Waals surface area contributed by atoms with Gasteiger partial charge >= 0.3 is 0 Å². The van der Waals surface area contributed by atoms with E-state index in [-0.39, 0.29) is 22.9 Å². The van der Waals surface area contributed by atoms with Gasteiger partial charge in [0.1, 0.15) is 0 Å². The second kappa shape index (κ2) is 8.88. The Balaban J connectivity index is 2.11. The van der Waals surface area contributed by atoms with Gasteiger partial charge in [-0.1, -0.05) is 6.07 Å². The molecule has 0 aliphatic carbocycles. The Kier molecular flexibility index (Phi) is 6.84. The van der Waals surface area contributed by atoms with E-state index in [0.717, 1.165) is 16.8 Å². The van der Waals surface area contributed by atoms with Crippen LogP contribution in [0, 0.1) is 13.8 Å². The van der Waals surface area contributed by atoms with E-state index in [1.165, 1.54) is 19.2 Å². The maximum atomic E-state index is 12.5. The lowest BCUT2D eigenvalue weighted by Crippen LogP contribution is -2.28. The number of methoxy groups -OCH3 is 1. The van der Waals surface area contributed by atoms with Crippen LogP contribution in [-0.4, -0.2) is 39.6 Å². The van der Waals surface area contributed by atoms with Gasteiger partial charge in [-0.25, -0.2) is 13.1 Å². The molecule has 0 unspecified atom stereocenters. The molecule has 1 heterocycles. The highest BCUT2D eigenvalue weighted by Gasteiger charge is 2.16. The van der Waals surface area contributed by atoms with Crippen LogP contribution in [0.4, 0.5) is 0 Å². The van der Waals surface area contributed by atoms with Gasteiger partial charge in [-0.15, -0.1) is 0 Å². The fourth-order valence-electron chi connectivity index (χ4n) is 2.34. The Morgan fingerprint density at radius 3 is 2.69 bits per heavy atom. The molecule has 0 aliphatic heterocycles. The van der Waals surface area contributed by atoms with Gasteiger partial charge in [-0.2, -0.15) is 0 Å². The summed E-state index contributed by atoms with van der Waals surface area (Å²) in [5, 5.41) is 2.66. The summed E-state index contributed by atoms with van der Waals surface area (Å²) in [6.07, 6.45) is 1.66. The van der Waals surface area contributed by atoms with Crippen LogP contribution in [0.1, 0.15) is 27.2 Å². The van der Waals surface area contributed by atoms with Gasteiger partial charge in [0.05, 0.1) is 11.5 Å². The SMILES string of the molecule is COCCNC(=O)c1cccc(S(=O)(=O)NCc2cnc(C)cc2C)c1. The number of pyridine rings is 1. The number of carbonyl (C=O) groups excluding carboxylic acids is 1. The summed E-state index contributed by atoms with van der Waals surface area (Å²) < 4.78 is 32.5. The number of nitrogens with one attached hydrogen (secondary N) is 2. The monoisotopic (exact) mass is 377 g/mol. The zero-order chi connectivity index (χ0) is 19.2. The van der Waals surface area contributed by atoms with Crippen molar-refractivity contribution in [2.75, 3.05) is 20.3 Å². The van der Waals surface area contributed by atoms with Crippen LogP contribution in [0.5, 0.6) is 0 Å². The van der Waals surface area contributed by atoms with Gasteiger partial charge in [0.25, 0.3) is 5.91 Å². The Labute approximate surface area is 153 Å². The highest BCUT2D eigenvalue weighted by molar-refractivity contribution is 7.89. The average Bonchev–Trinajstić information content (AvgIpc) is 2.61. The zero-order valence-corrected chi connectivity index (χ0v) is 15.9. The second-order valence-corrected chi connectivity index (χ2v) is 7.62. The summed E-state index contributed by atoms with van der Waals surface area (Å²) in [6.45, 7) is 4.65. The Morgan fingerprint density at radius 1 is 1.23 bits per heavy atom. The zero-order valence-electron chi connectivity index (χ0n) is 15.1. The van der Waals surface area contributed by atoms with E-state index < -0.39 is 10.0 Å². The number of ether oxygens (including phenoxy) is 1. The van der Waals surface area contributed by atoms with Crippen LogP contribution in [-0.2, 0) is 21.3 Å². The lowest BCUT2D eigenvalue weighted by Gasteiger charge is -2.10. The molecule has 0 spiro atoms. The van der Waals surface area contributed by atoms with E-state index in [1.54, 1.807) is 18.3 Å². The molecule has 1 aromatic carbocycles. The van der Waals surface area contributed by atoms with Crippen LogP contribution < -0.4 is 10.0 Å². The molecule has 1 amide bonds. The Morgan fingerprint density at radius 2 is 2.00 bits per heavy atom. The number of hydrogen-bond acceptors (Lipinski definition) is 5. The van der Waals surface area contributed by atoms with E-state index in [4.69, 9.17) is 4.74 Å². The molecule has 7 nitrogen and oxygen atoms in total. The van der Waals surface area contributed by atoms with Gasteiger partial charge in [-0.05, 0) is 49.2 Å². The number of hydrogen-bond donors (Lipinski definition) is 2. The second-order valence-electron chi connectivity index (χ2n) is 5.85. The number of amides is 1. The fraction of sp³-hybridized carbons (Fsp3) is 0.333. The predicted octanol–water partition coefficient (Wildman–Crippen LogP) is 1.55. The van der Waals surface area contributed by atoms with E-state index in [9.17, 15) is 13.2 Å². The third kappa shape index (κ3) is 5.35.